The summed E-state index contributed by atoms with van der Waals surface area (Å²) >= 11 is 0. The number of benzene rings is 1. The van der Waals surface area contributed by atoms with Crippen LogP contribution in [-0.4, -0.2) is 34.6 Å². The first-order chi connectivity index (χ1) is 12.8. The molecule has 0 aliphatic heterocycles. The highest BCUT2D eigenvalue weighted by Gasteiger charge is 2.26. The van der Waals surface area contributed by atoms with E-state index in [-0.39, 0.29) is 29.5 Å². The van der Waals surface area contributed by atoms with Crippen LogP contribution in [0.25, 0.3) is 5.78 Å². The maximum atomic E-state index is 14.1. The molecular formula is C15H14F3N5O3S. The molecule has 0 radical (unpaired) electrons. The van der Waals surface area contributed by atoms with Gasteiger partial charge in [0, 0.05) is 6.07 Å². The molecule has 0 atom stereocenters. The van der Waals surface area contributed by atoms with E-state index in [2.05, 4.69) is 15.1 Å². The lowest BCUT2D eigenvalue weighted by Crippen LogP contribution is -2.17. The number of nitrogens with one attached hydrogen (secondary N) is 1. The Labute approximate surface area is 152 Å². The van der Waals surface area contributed by atoms with Crippen molar-refractivity contribution in [1.29, 1.82) is 0 Å². The number of sulfonamides is 1. The molecule has 2 aromatic heterocycles. The number of hydrogen-bond donors (Lipinski definition) is 1. The van der Waals surface area contributed by atoms with E-state index in [0.29, 0.717) is 0 Å². The summed E-state index contributed by atoms with van der Waals surface area (Å²) < 4.78 is 73.9. The number of alkyl halides is 1. The van der Waals surface area contributed by atoms with Gasteiger partial charge in [0.25, 0.3) is 21.0 Å². The quantitative estimate of drug-likeness (QED) is 0.681. The van der Waals surface area contributed by atoms with Gasteiger partial charge in [-0.15, -0.1) is 5.10 Å². The second-order valence-electron chi connectivity index (χ2n) is 5.42. The molecule has 1 aromatic carbocycles. The highest BCUT2D eigenvalue weighted by atomic mass is 32.2. The van der Waals surface area contributed by atoms with Crippen LogP contribution < -0.4 is 9.46 Å². The minimum Gasteiger partial charge on any atom is -0.478 e. The number of fused-ring (bicyclic) bond motifs is 1. The number of aromatic nitrogens is 4. The molecule has 144 valence electrons. The van der Waals surface area contributed by atoms with Gasteiger partial charge in [0.1, 0.15) is 18.2 Å². The summed E-state index contributed by atoms with van der Waals surface area (Å²) in [6.45, 7) is 2.29. The number of ether oxygens (including phenoxy) is 1. The third-order valence-corrected chi connectivity index (χ3v) is 4.63. The second kappa shape index (κ2) is 7.02. The predicted molar refractivity (Wildman–Crippen MR) is 88.7 cm³/mol. The zero-order chi connectivity index (χ0) is 19.8. The highest BCUT2D eigenvalue weighted by Crippen LogP contribution is 2.24. The maximum Gasteiger partial charge on any atom is 0.299 e. The van der Waals surface area contributed by atoms with Gasteiger partial charge >= 0.3 is 0 Å². The zero-order valence-corrected chi connectivity index (χ0v) is 15.0. The highest BCUT2D eigenvalue weighted by molar-refractivity contribution is 7.92. The fourth-order valence-corrected chi connectivity index (χ4v) is 3.17. The Morgan fingerprint density at radius 2 is 2.00 bits per heavy atom. The Hall–Kier alpha value is -2.89. The second-order valence-corrected chi connectivity index (χ2v) is 6.99. The van der Waals surface area contributed by atoms with Gasteiger partial charge < -0.3 is 4.74 Å². The van der Waals surface area contributed by atoms with Crippen LogP contribution in [0.15, 0.2) is 23.4 Å². The first kappa shape index (κ1) is 18.9. The van der Waals surface area contributed by atoms with Crippen molar-refractivity contribution in [3.05, 3.63) is 41.1 Å². The van der Waals surface area contributed by atoms with Crippen molar-refractivity contribution in [2.45, 2.75) is 25.7 Å². The molecule has 0 unspecified atom stereocenters. The summed E-state index contributed by atoms with van der Waals surface area (Å²) in [5.41, 5.74) is -0.840. The van der Waals surface area contributed by atoms with Gasteiger partial charge in [0.05, 0.1) is 12.3 Å². The standard InChI is InChI=1S/C15H14F3N5O3S/c1-3-26-11-6-9(7-16)19-14-20-15(21-23(11)14)27(24,25)22-13-10(17)5-4-8(2)12(13)18/h4-6,22H,3,7H2,1-2H3. The van der Waals surface area contributed by atoms with Crippen molar-refractivity contribution in [2.75, 3.05) is 11.3 Å². The van der Waals surface area contributed by atoms with Crippen molar-refractivity contribution >= 4 is 21.5 Å². The fourth-order valence-electron chi connectivity index (χ4n) is 2.23. The van der Waals surface area contributed by atoms with Crippen LogP contribution in [0.2, 0.25) is 0 Å². The van der Waals surface area contributed by atoms with Crippen molar-refractivity contribution < 1.29 is 26.3 Å². The molecule has 0 fully saturated rings. The van der Waals surface area contributed by atoms with E-state index in [1.54, 1.807) is 11.6 Å². The third kappa shape index (κ3) is 3.52. The van der Waals surface area contributed by atoms with Crippen LogP contribution in [0.3, 0.4) is 0 Å². The number of nitrogens with zero attached hydrogens (tertiary/aromatic N) is 4. The van der Waals surface area contributed by atoms with Crippen LogP contribution >= 0.6 is 0 Å². The number of halogens is 3. The van der Waals surface area contributed by atoms with Crippen molar-refractivity contribution in [2.24, 2.45) is 0 Å². The van der Waals surface area contributed by atoms with Gasteiger partial charge in [-0.3, -0.25) is 4.72 Å². The predicted octanol–water partition coefficient (Wildman–Crippen LogP) is 2.38. The molecule has 1 N–H and O–H groups in total. The van der Waals surface area contributed by atoms with E-state index in [9.17, 15) is 21.6 Å². The van der Waals surface area contributed by atoms with E-state index < -0.39 is 39.2 Å². The topological polar surface area (TPSA) is 98.5 Å². The molecule has 3 rings (SSSR count). The molecule has 12 heteroatoms. The van der Waals surface area contributed by atoms with Crippen molar-refractivity contribution in [3.63, 3.8) is 0 Å². The van der Waals surface area contributed by atoms with Gasteiger partial charge in [0.2, 0.25) is 5.88 Å². The largest absolute Gasteiger partial charge is 0.478 e. The van der Waals surface area contributed by atoms with Crippen LogP contribution in [0.4, 0.5) is 18.9 Å². The summed E-state index contributed by atoms with van der Waals surface area (Å²) in [5, 5.41) is 2.96. The number of aryl methyl sites for hydroxylation is 1. The van der Waals surface area contributed by atoms with Crippen LogP contribution in [0.5, 0.6) is 5.88 Å². The van der Waals surface area contributed by atoms with E-state index in [0.717, 1.165) is 10.6 Å². The van der Waals surface area contributed by atoms with Gasteiger partial charge in [0.15, 0.2) is 5.82 Å². The molecule has 0 aliphatic rings. The van der Waals surface area contributed by atoms with E-state index >= 15 is 0 Å². The lowest BCUT2D eigenvalue weighted by Gasteiger charge is -2.08. The molecule has 0 bridgehead atoms. The number of rotatable bonds is 6. The van der Waals surface area contributed by atoms with E-state index in [1.807, 2.05) is 0 Å². The fraction of sp³-hybridized carbons (Fsp3) is 0.267. The molecule has 0 saturated heterocycles. The Bertz CT molecular complexity index is 1120. The summed E-state index contributed by atoms with van der Waals surface area (Å²) in [7, 11) is -4.55. The van der Waals surface area contributed by atoms with Crippen LogP contribution in [0, 0.1) is 18.6 Å². The smallest absolute Gasteiger partial charge is 0.299 e. The SMILES string of the molecule is CCOc1cc(CF)nc2nc(S(=O)(=O)Nc3c(F)ccc(C)c3F)nn12. The zero-order valence-electron chi connectivity index (χ0n) is 14.2. The van der Waals surface area contributed by atoms with Crippen molar-refractivity contribution in [1.82, 2.24) is 19.6 Å². The van der Waals surface area contributed by atoms with E-state index in [4.69, 9.17) is 4.74 Å². The molecule has 0 aliphatic carbocycles. The first-order valence-electron chi connectivity index (χ1n) is 7.69. The number of anilines is 1. The Kier molecular flexibility index (Phi) is 4.91. The number of hydrogen-bond acceptors (Lipinski definition) is 6. The average molecular weight is 401 g/mol. The molecule has 27 heavy (non-hydrogen) atoms. The average Bonchev–Trinajstić information content (AvgIpc) is 3.07. The molecule has 0 amide bonds. The molecule has 8 nitrogen and oxygen atoms in total. The molecule has 2 heterocycles. The van der Waals surface area contributed by atoms with Gasteiger partial charge in [-0.2, -0.15) is 17.9 Å². The van der Waals surface area contributed by atoms with E-state index in [1.165, 1.54) is 19.1 Å². The van der Waals surface area contributed by atoms with Gasteiger partial charge in [-0.25, -0.2) is 18.2 Å². The summed E-state index contributed by atoms with van der Waals surface area (Å²) in [6, 6.07) is 3.34. The van der Waals surface area contributed by atoms with Crippen LogP contribution in [-0.2, 0) is 16.7 Å². The monoisotopic (exact) mass is 401 g/mol. The van der Waals surface area contributed by atoms with Gasteiger partial charge in [-0.05, 0) is 25.5 Å². The lowest BCUT2D eigenvalue weighted by atomic mass is 10.2. The summed E-state index contributed by atoms with van der Waals surface area (Å²) in [6.07, 6.45) is 0. The normalized spacial score (nSPS) is 11.7. The first-order valence-corrected chi connectivity index (χ1v) is 9.18. The minimum atomic E-state index is -4.55. The van der Waals surface area contributed by atoms with Crippen molar-refractivity contribution in [3.8, 4) is 5.88 Å². The minimum absolute atomic E-state index is 0.0250. The summed E-state index contributed by atoms with van der Waals surface area (Å²) in [4.78, 5) is 7.53. The lowest BCUT2D eigenvalue weighted by molar-refractivity contribution is 0.315. The molecular weight excluding hydrogens is 387 g/mol. The summed E-state index contributed by atoms with van der Waals surface area (Å²) in [5.74, 6) is -2.37. The van der Waals surface area contributed by atoms with Crippen LogP contribution in [0.1, 0.15) is 18.2 Å². The Morgan fingerprint density at radius 1 is 1.26 bits per heavy atom. The Morgan fingerprint density at radius 3 is 2.67 bits per heavy atom. The maximum absolute atomic E-state index is 14.1. The van der Waals surface area contributed by atoms with Gasteiger partial charge in [-0.1, -0.05) is 6.07 Å². The third-order valence-electron chi connectivity index (χ3n) is 3.50. The molecule has 3 aromatic rings. The Balaban J connectivity index is 2.09. The molecule has 0 spiro atoms. The molecule has 0 saturated carbocycles.